The van der Waals surface area contributed by atoms with E-state index in [1.807, 2.05) is 0 Å². The molecule has 0 rings (SSSR count). The molecule has 2 nitrogen and oxygen atoms in total. The van der Waals surface area contributed by atoms with Crippen LogP contribution in [0.2, 0.25) is 0 Å². The Kier molecular flexibility index (Phi) is 24.5. The number of hydrogen-bond acceptors (Lipinski definition) is 2. The molecule has 0 aliphatic heterocycles. The first kappa shape index (κ1) is 23.7. The number of esters is 1. The third-order valence-electron chi connectivity index (χ3n) is 3.92. The van der Waals surface area contributed by atoms with E-state index in [9.17, 15) is 4.79 Å². The van der Waals surface area contributed by atoms with E-state index in [-0.39, 0.29) is 5.97 Å². The SMILES string of the molecule is CCCCCC.CCCCCCCCCCCCC(=O)OC. The third kappa shape index (κ3) is 24.5. The molecule has 0 heterocycles. The number of carbonyl (C=O) groups is 1. The summed E-state index contributed by atoms with van der Waals surface area (Å²) in [4.78, 5) is 10.8. The van der Waals surface area contributed by atoms with Gasteiger partial charge in [0.1, 0.15) is 0 Å². The number of carbonyl (C=O) groups excluding carboxylic acids is 1. The van der Waals surface area contributed by atoms with Crippen LogP contribution < -0.4 is 0 Å². The Hall–Kier alpha value is -0.530. The number of ether oxygens (including phenoxy) is 1. The predicted molar refractivity (Wildman–Crippen MR) is 98.3 cm³/mol. The fourth-order valence-corrected chi connectivity index (χ4v) is 2.36. The summed E-state index contributed by atoms with van der Waals surface area (Å²) in [5.41, 5.74) is 0. The maximum atomic E-state index is 10.8. The normalized spacial score (nSPS) is 10.0. The zero-order valence-corrected chi connectivity index (χ0v) is 15.9. The van der Waals surface area contributed by atoms with Crippen molar-refractivity contribution in [1.29, 1.82) is 0 Å². The average Bonchev–Trinajstić information content (AvgIpc) is 2.55. The fraction of sp³-hybridized carbons (Fsp3) is 0.950. The summed E-state index contributed by atoms with van der Waals surface area (Å²) in [5.74, 6) is -0.0698. The van der Waals surface area contributed by atoms with E-state index in [1.54, 1.807) is 0 Å². The molecule has 2 heteroatoms. The molecule has 0 saturated heterocycles. The van der Waals surface area contributed by atoms with Gasteiger partial charge in [0.05, 0.1) is 7.11 Å². The maximum absolute atomic E-state index is 10.8. The molecular weight excluding hydrogens is 272 g/mol. The molecule has 0 aromatic heterocycles. The van der Waals surface area contributed by atoms with Gasteiger partial charge < -0.3 is 4.74 Å². The van der Waals surface area contributed by atoms with E-state index in [0.717, 1.165) is 6.42 Å². The molecule has 0 aliphatic rings. The van der Waals surface area contributed by atoms with E-state index in [1.165, 1.54) is 90.6 Å². The minimum atomic E-state index is -0.0698. The highest BCUT2D eigenvalue weighted by Gasteiger charge is 1.98. The van der Waals surface area contributed by atoms with Crippen molar-refractivity contribution in [3.8, 4) is 0 Å². The van der Waals surface area contributed by atoms with Gasteiger partial charge in [-0.15, -0.1) is 0 Å². The zero-order valence-electron chi connectivity index (χ0n) is 15.9. The van der Waals surface area contributed by atoms with Crippen molar-refractivity contribution in [1.82, 2.24) is 0 Å². The second-order valence-electron chi connectivity index (χ2n) is 6.22. The second-order valence-corrected chi connectivity index (χ2v) is 6.22. The molecular formula is C20H42O2. The Morgan fingerprint density at radius 3 is 1.27 bits per heavy atom. The molecule has 0 aromatic carbocycles. The smallest absolute Gasteiger partial charge is 0.305 e. The molecule has 0 bridgehead atoms. The van der Waals surface area contributed by atoms with Gasteiger partial charge in [-0.3, -0.25) is 4.79 Å². The molecule has 0 amide bonds. The van der Waals surface area contributed by atoms with E-state index in [4.69, 9.17) is 0 Å². The van der Waals surface area contributed by atoms with Crippen molar-refractivity contribution >= 4 is 5.97 Å². The van der Waals surface area contributed by atoms with Crippen molar-refractivity contribution in [3.63, 3.8) is 0 Å². The molecule has 0 aliphatic carbocycles. The number of rotatable bonds is 14. The van der Waals surface area contributed by atoms with Crippen LogP contribution in [0, 0.1) is 0 Å². The first-order chi connectivity index (χ1) is 10.7. The van der Waals surface area contributed by atoms with E-state index < -0.39 is 0 Å². The molecule has 0 radical (unpaired) electrons. The lowest BCUT2D eigenvalue weighted by molar-refractivity contribution is -0.140. The average molecular weight is 315 g/mol. The van der Waals surface area contributed by atoms with E-state index in [0.29, 0.717) is 6.42 Å². The molecule has 0 saturated carbocycles. The molecule has 0 aromatic rings. The Labute approximate surface area is 140 Å². The number of unbranched alkanes of at least 4 members (excludes halogenated alkanes) is 12. The lowest BCUT2D eigenvalue weighted by Crippen LogP contribution is -1.99. The Morgan fingerprint density at radius 2 is 0.909 bits per heavy atom. The van der Waals surface area contributed by atoms with Gasteiger partial charge in [-0.1, -0.05) is 104 Å². The van der Waals surface area contributed by atoms with Crippen LogP contribution >= 0.6 is 0 Å². The van der Waals surface area contributed by atoms with Crippen LogP contribution in [0.4, 0.5) is 0 Å². The lowest BCUT2D eigenvalue weighted by Gasteiger charge is -2.01. The minimum Gasteiger partial charge on any atom is -0.469 e. The quantitative estimate of drug-likeness (QED) is 0.253. The van der Waals surface area contributed by atoms with Gasteiger partial charge in [-0.25, -0.2) is 0 Å². The van der Waals surface area contributed by atoms with Crippen LogP contribution in [0.3, 0.4) is 0 Å². The first-order valence-electron chi connectivity index (χ1n) is 9.79. The summed E-state index contributed by atoms with van der Waals surface area (Å²) < 4.78 is 4.59. The van der Waals surface area contributed by atoms with Gasteiger partial charge in [0.2, 0.25) is 0 Å². The van der Waals surface area contributed by atoms with E-state index in [2.05, 4.69) is 25.5 Å². The molecule has 0 spiro atoms. The van der Waals surface area contributed by atoms with Gasteiger partial charge in [0.15, 0.2) is 0 Å². The molecule has 0 unspecified atom stereocenters. The fourth-order valence-electron chi connectivity index (χ4n) is 2.36. The van der Waals surface area contributed by atoms with Crippen molar-refractivity contribution in [2.75, 3.05) is 7.11 Å². The number of methoxy groups -OCH3 is 1. The topological polar surface area (TPSA) is 26.3 Å². The minimum absolute atomic E-state index is 0.0698. The molecule has 22 heavy (non-hydrogen) atoms. The predicted octanol–water partition coefficient (Wildman–Crippen LogP) is 7.06. The number of hydrogen-bond donors (Lipinski definition) is 0. The molecule has 0 fully saturated rings. The van der Waals surface area contributed by atoms with Crippen LogP contribution in [-0.2, 0) is 9.53 Å². The van der Waals surface area contributed by atoms with Crippen molar-refractivity contribution in [2.45, 2.75) is 117 Å². The molecule has 134 valence electrons. The second kappa shape index (κ2) is 22.7. The summed E-state index contributed by atoms with van der Waals surface area (Å²) in [6.07, 6.45) is 19.1. The van der Waals surface area contributed by atoms with Gasteiger partial charge in [0.25, 0.3) is 0 Å². The third-order valence-corrected chi connectivity index (χ3v) is 3.92. The summed E-state index contributed by atoms with van der Waals surface area (Å²) in [7, 11) is 1.46. The largest absolute Gasteiger partial charge is 0.469 e. The monoisotopic (exact) mass is 314 g/mol. The van der Waals surface area contributed by atoms with Crippen molar-refractivity contribution < 1.29 is 9.53 Å². The van der Waals surface area contributed by atoms with Crippen molar-refractivity contribution in [3.05, 3.63) is 0 Å². The summed E-state index contributed by atoms with van der Waals surface area (Å²) in [5, 5.41) is 0. The van der Waals surface area contributed by atoms with E-state index >= 15 is 0 Å². The molecule has 0 N–H and O–H groups in total. The Balaban J connectivity index is 0. The van der Waals surface area contributed by atoms with Gasteiger partial charge >= 0.3 is 5.97 Å². The van der Waals surface area contributed by atoms with Gasteiger partial charge in [-0.05, 0) is 6.42 Å². The van der Waals surface area contributed by atoms with Crippen LogP contribution in [0.5, 0.6) is 0 Å². The van der Waals surface area contributed by atoms with Gasteiger partial charge in [-0.2, -0.15) is 0 Å². The summed E-state index contributed by atoms with van der Waals surface area (Å²) >= 11 is 0. The van der Waals surface area contributed by atoms with Crippen molar-refractivity contribution in [2.24, 2.45) is 0 Å². The van der Waals surface area contributed by atoms with Crippen LogP contribution in [0.15, 0.2) is 0 Å². The Morgan fingerprint density at radius 1 is 0.591 bits per heavy atom. The Bertz CT molecular complexity index is 198. The highest BCUT2D eigenvalue weighted by atomic mass is 16.5. The standard InChI is InChI=1S/C14H28O2.C6H14/c1-3-4-5-6-7-8-9-10-11-12-13-14(15)16-2;1-3-5-6-4-2/h3-13H2,1-2H3;3-6H2,1-2H3. The zero-order chi connectivity index (χ0) is 16.9. The van der Waals surface area contributed by atoms with Gasteiger partial charge in [0, 0.05) is 6.42 Å². The highest BCUT2D eigenvalue weighted by Crippen LogP contribution is 2.11. The highest BCUT2D eigenvalue weighted by molar-refractivity contribution is 5.68. The summed E-state index contributed by atoms with van der Waals surface area (Å²) in [6.45, 7) is 6.71. The molecule has 0 atom stereocenters. The summed E-state index contributed by atoms with van der Waals surface area (Å²) in [6, 6.07) is 0. The van der Waals surface area contributed by atoms with Crippen LogP contribution in [-0.4, -0.2) is 13.1 Å². The lowest BCUT2D eigenvalue weighted by atomic mass is 10.1. The first-order valence-corrected chi connectivity index (χ1v) is 9.79. The van der Waals surface area contributed by atoms with Crippen LogP contribution in [0.1, 0.15) is 117 Å². The maximum Gasteiger partial charge on any atom is 0.305 e. The van der Waals surface area contributed by atoms with Crippen LogP contribution in [0.25, 0.3) is 0 Å².